The zero-order valence-electron chi connectivity index (χ0n) is 11.6. The maximum absolute atomic E-state index is 12.3. The van der Waals surface area contributed by atoms with Crippen molar-refractivity contribution in [2.75, 3.05) is 20.7 Å². The first-order chi connectivity index (χ1) is 9.11. The molecule has 2 rings (SSSR count). The minimum atomic E-state index is -0.150. The van der Waals surface area contributed by atoms with E-state index in [9.17, 15) is 9.90 Å². The van der Waals surface area contributed by atoms with Gasteiger partial charge in [0.1, 0.15) is 11.5 Å². The molecule has 0 saturated heterocycles. The number of methoxy groups -OCH3 is 1. The molecule has 19 heavy (non-hydrogen) atoms. The lowest BCUT2D eigenvalue weighted by Crippen LogP contribution is -2.31. The van der Waals surface area contributed by atoms with Crippen molar-refractivity contribution >= 4 is 5.91 Å². The van der Waals surface area contributed by atoms with Gasteiger partial charge in [0.15, 0.2) is 0 Å². The highest BCUT2D eigenvalue weighted by molar-refractivity contribution is 5.97. The Morgan fingerprint density at radius 1 is 1.42 bits per heavy atom. The number of ether oxygens (including phenoxy) is 1. The number of amides is 1. The van der Waals surface area contributed by atoms with Gasteiger partial charge in [-0.1, -0.05) is 12.8 Å². The lowest BCUT2D eigenvalue weighted by molar-refractivity contribution is 0.0770. The van der Waals surface area contributed by atoms with Crippen LogP contribution in [0.5, 0.6) is 11.5 Å². The Kier molecular flexibility index (Phi) is 4.30. The van der Waals surface area contributed by atoms with E-state index >= 15 is 0 Å². The van der Waals surface area contributed by atoms with Crippen LogP contribution in [-0.2, 0) is 0 Å². The Bertz CT molecular complexity index is 453. The fourth-order valence-corrected chi connectivity index (χ4v) is 2.68. The summed E-state index contributed by atoms with van der Waals surface area (Å²) < 4.78 is 5.09. The van der Waals surface area contributed by atoms with Crippen LogP contribution in [0.4, 0.5) is 0 Å². The van der Waals surface area contributed by atoms with E-state index in [1.165, 1.54) is 31.7 Å². The predicted octanol–water partition coefficient (Wildman–Crippen LogP) is 2.66. The van der Waals surface area contributed by atoms with Crippen molar-refractivity contribution in [3.63, 3.8) is 0 Å². The van der Waals surface area contributed by atoms with Crippen LogP contribution < -0.4 is 4.74 Å². The van der Waals surface area contributed by atoms with E-state index in [1.807, 2.05) is 0 Å². The zero-order valence-corrected chi connectivity index (χ0v) is 11.6. The molecule has 0 aromatic heterocycles. The van der Waals surface area contributed by atoms with Crippen molar-refractivity contribution in [3.05, 3.63) is 23.8 Å². The third-order valence-electron chi connectivity index (χ3n) is 3.79. The third-order valence-corrected chi connectivity index (χ3v) is 3.79. The molecule has 0 spiro atoms. The van der Waals surface area contributed by atoms with Crippen molar-refractivity contribution in [2.45, 2.75) is 25.7 Å². The van der Waals surface area contributed by atoms with Gasteiger partial charge >= 0.3 is 0 Å². The van der Waals surface area contributed by atoms with E-state index in [0.717, 1.165) is 6.54 Å². The van der Waals surface area contributed by atoms with Crippen molar-refractivity contribution < 1.29 is 14.6 Å². The Hall–Kier alpha value is -1.71. The standard InChI is InChI=1S/C15H21NO3/c1-16(10-11-5-3-4-6-11)15(18)13-9-12(19-2)7-8-14(13)17/h7-9,11,17H,3-6,10H2,1-2H3. The first-order valence-electron chi connectivity index (χ1n) is 6.74. The van der Waals surface area contributed by atoms with Gasteiger partial charge in [-0.15, -0.1) is 0 Å². The molecule has 0 heterocycles. The van der Waals surface area contributed by atoms with Crippen molar-refractivity contribution in [3.8, 4) is 11.5 Å². The average molecular weight is 263 g/mol. The predicted molar refractivity (Wildman–Crippen MR) is 73.6 cm³/mol. The molecule has 0 atom stereocenters. The number of phenolic OH excluding ortho intramolecular Hbond substituents is 1. The lowest BCUT2D eigenvalue weighted by Gasteiger charge is -2.21. The molecule has 104 valence electrons. The number of phenols is 1. The highest BCUT2D eigenvalue weighted by Crippen LogP contribution is 2.27. The van der Waals surface area contributed by atoms with Gasteiger partial charge in [-0.3, -0.25) is 4.79 Å². The van der Waals surface area contributed by atoms with Crippen LogP contribution in [0.25, 0.3) is 0 Å². The summed E-state index contributed by atoms with van der Waals surface area (Å²) in [7, 11) is 3.34. The van der Waals surface area contributed by atoms with Crippen LogP contribution in [-0.4, -0.2) is 36.6 Å². The maximum atomic E-state index is 12.3. The Labute approximate surface area is 114 Å². The number of hydrogen-bond donors (Lipinski definition) is 1. The number of aromatic hydroxyl groups is 1. The Morgan fingerprint density at radius 2 is 2.11 bits per heavy atom. The van der Waals surface area contributed by atoms with Crippen molar-refractivity contribution in [2.24, 2.45) is 5.92 Å². The molecule has 0 aliphatic heterocycles. The van der Waals surface area contributed by atoms with Crippen LogP contribution in [0.3, 0.4) is 0 Å². The number of hydrogen-bond acceptors (Lipinski definition) is 3. The van der Waals surface area contributed by atoms with Gasteiger partial charge in [0, 0.05) is 13.6 Å². The van der Waals surface area contributed by atoms with Crippen LogP contribution in [0.15, 0.2) is 18.2 Å². The molecule has 0 unspecified atom stereocenters. The molecule has 1 saturated carbocycles. The molecule has 1 N–H and O–H groups in total. The normalized spacial score (nSPS) is 15.5. The minimum absolute atomic E-state index is 0.00377. The van der Waals surface area contributed by atoms with E-state index in [1.54, 1.807) is 31.2 Å². The summed E-state index contributed by atoms with van der Waals surface area (Å²) in [5, 5.41) is 9.81. The van der Waals surface area contributed by atoms with Crippen LogP contribution in [0, 0.1) is 5.92 Å². The molecular formula is C15H21NO3. The summed E-state index contributed by atoms with van der Waals surface area (Å²) in [6.07, 6.45) is 4.91. The van der Waals surface area contributed by atoms with Crippen molar-refractivity contribution in [1.29, 1.82) is 0 Å². The summed E-state index contributed by atoms with van der Waals surface area (Å²) in [4.78, 5) is 14.0. The van der Waals surface area contributed by atoms with Crippen LogP contribution in [0.1, 0.15) is 36.0 Å². The first-order valence-corrected chi connectivity index (χ1v) is 6.74. The number of carbonyl (C=O) groups is 1. The molecule has 0 radical (unpaired) electrons. The summed E-state index contributed by atoms with van der Waals surface area (Å²) >= 11 is 0. The smallest absolute Gasteiger partial charge is 0.257 e. The molecule has 1 aliphatic rings. The van der Waals surface area contributed by atoms with Crippen LogP contribution >= 0.6 is 0 Å². The van der Waals surface area contributed by atoms with E-state index < -0.39 is 0 Å². The topological polar surface area (TPSA) is 49.8 Å². The third kappa shape index (κ3) is 3.19. The van der Waals surface area contributed by atoms with E-state index in [4.69, 9.17) is 4.74 Å². The SMILES string of the molecule is COc1ccc(O)c(C(=O)N(C)CC2CCCC2)c1. The molecule has 1 amide bonds. The van der Waals surface area contributed by atoms with Gasteiger partial charge in [0.05, 0.1) is 12.7 Å². The molecule has 0 bridgehead atoms. The second-order valence-corrected chi connectivity index (χ2v) is 5.22. The number of nitrogens with zero attached hydrogens (tertiary/aromatic N) is 1. The first kappa shape index (κ1) is 13.7. The van der Waals surface area contributed by atoms with Gasteiger partial charge in [0.25, 0.3) is 5.91 Å². The second-order valence-electron chi connectivity index (χ2n) is 5.22. The Morgan fingerprint density at radius 3 is 2.74 bits per heavy atom. The monoisotopic (exact) mass is 263 g/mol. The highest BCUT2D eigenvalue weighted by Gasteiger charge is 2.22. The summed E-state index contributed by atoms with van der Waals surface area (Å²) in [5.74, 6) is 1.03. The zero-order chi connectivity index (χ0) is 13.8. The van der Waals surface area contributed by atoms with Crippen molar-refractivity contribution in [1.82, 2.24) is 4.90 Å². The average Bonchev–Trinajstić information content (AvgIpc) is 2.91. The summed E-state index contributed by atoms with van der Waals surface area (Å²) in [5.41, 5.74) is 0.305. The van der Waals surface area contributed by atoms with Gasteiger partial charge in [-0.2, -0.15) is 0 Å². The quantitative estimate of drug-likeness (QED) is 0.908. The molecule has 4 heteroatoms. The van der Waals surface area contributed by atoms with E-state index in [2.05, 4.69) is 0 Å². The maximum Gasteiger partial charge on any atom is 0.257 e. The molecule has 4 nitrogen and oxygen atoms in total. The molecular weight excluding hydrogens is 242 g/mol. The minimum Gasteiger partial charge on any atom is -0.507 e. The largest absolute Gasteiger partial charge is 0.507 e. The number of benzene rings is 1. The number of rotatable bonds is 4. The van der Waals surface area contributed by atoms with Crippen LogP contribution in [0.2, 0.25) is 0 Å². The van der Waals surface area contributed by atoms with Gasteiger partial charge < -0.3 is 14.7 Å². The van der Waals surface area contributed by atoms with Gasteiger partial charge in [0.2, 0.25) is 0 Å². The highest BCUT2D eigenvalue weighted by atomic mass is 16.5. The van der Waals surface area contributed by atoms with E-state index in [-0.39, 0.29) is 11.7 Å². The molecule has 1 aromatic carbocycles. The fourth-order valence-electron chi connectivity index (χ4n) is 2.68. The molecule has 1 fully saturated rings. The molecule has 1 aromatic rings. The number of carbonyl (C=O) groups excluding carboxylic acids is 1. The fraction of sp³-hybridized carbons (Fsp3) is 0.533. The molecule has 1 aliphatic carbocycles. The van der Waals surface area contributed by atoms with E-state index in [0.29, 0.717) is 17.2 Å². The second kappa shape index (κ2) is 5.95. The summed E-state index contributed by atoms with van der Waals surface area (Å²) in [6, 6.07) is 4.72. The summed E-state index contributed by atoms with van der Waals surface area (Å²) in [6.45, 7) is 0.759. The van der Waals surface area contributed by atoms with Gasteiger partial charge in [-0.05, 0) is 37.0 Å². The Balaban J connectivity index is 2.09. The lowest BCUT2D eigenvalue weighted by atomic mass is 10.1. The van der Waals surface area contributed by atoms with Gasteiger partial charge in [-0.25, -0.2) is 0 Å².